The number of carbonyl (C=O) groups is 2. The summed E-state index contributed by atoms with van der Waals surface area (Å²) in [6, 6.07) is 1.82. The Bertz CT molecular complexity index is 365. The highest BCUT2D eigenvalue weighted by Crippen LogP contribution is 2.20. The standard InChI is InChI=1S/C10H13NO3S/c1-6-5-8(15-7(6)2)10(14)11-4-3-9(12)13/h5H,3-4H2,1-2H3,(H,11,14)(H,12,13). The van der Waals surface area contributed by atoms with Gasteiger partial charge in [0.25, 0.3) is 5.91 Å². The molecular weight excluding hydrogens is 214 g/mol. The molecule has 0 aliphatic carbocycles. The molecule has 0 aliphatic rings. The van der Waals surface area contributed by atoms with E-state index in [4.69, 9.17) is 5.11 Å². The van der Waals surface area contributed by atoms with Gasteiger partial charge in [-0.3, -0.25) is 9.59 Å². The maximum atomic E-state index is 11.5. The molecule has 0 aromatic carbocycles. The van der Waals surface area contributed by atoms with Crippen LogP contribution < -0.4 is 5.32 Å². The van der Waals surface area contributed by atoms with E-state index in [0.29, 0.717) is 4.88 Å². The van der Waals surface area contributed by atoms with Crippen LogP contribution in [0.15, 0.2) is 6.07 Å². The summed E-state index contributed by atoms with van der Waals surface area (Å²) in [5.74, 6) is -1.11. The molecule has 0 saturated carbocycles. The Morgan fingerprint density at radius 1 is 1.47 bits per heavy atom. The summed E-state index contributed by atoms with van der Waals surface area (Å²) in [4.78, 5) is 23.5. The van der Waals surface area contributed by atoms with Gasteiger partial charge in [-0.1, -0.05) is 0 Å². The summed E-state index contributed by atoms with van der Waals surface area (Å²) in [5.41, 5.74) is 1.09. The van der Waals surface area contributed by atoms with Crippen LogP contribution in [0.5, 0.6) is 0 Å². The number of hydrogen-bond donors (Lipinski definition) is 2. The molecule has 15 heavy (non-hydrogen) atoms. The molecule has 1 heterocycles. The van der Waals surface area contributed by atoms with Crippen molar-refractivity contribution >= 4 is 23.2 Å². The number of rotatable bonds is 4. The van der Waals surface area contributed by atoms with Crippen LogP contribution in [-0.4, -0.2) is 23.5 Å². The molecule has 0 aliphatic heterocycles. The number of carbonyl (C=O) groups excluding carboxylic acids is 1. The van der Waals surface area contributed by atoms with Crippen molar-refractivity contribution < 1.29 is 14.7 Å². The van der Waals surface area contributed by atoms with Crippen LogP contribution in [-0.2, 0) is 4.79 Å². The fourth-order valence-corrected chi connectivity index (χ4v) is 2.01. The van der Waals surface area contributed by atoms with Gasteiger partial charge in [-0.05, 0) is 25.5 Å². The van der Waals surface area contributed by atoms with Gasteiger partial charge >= 0.3 is 5.97 Å². The summed E-state index contributed by atoms with van der Waals surface area (Å²) in [7, 11) is 0. The summed E-state index contributed by atoms with van der Waals surface area (Å²) in [6.45, 7) is 4.07. The molecule has 1 aromatic rings. The lowest BCUT2D eigenvalue weighted by Gasteiger charge is -1.99. The zero-order chi connectivity index (χ0) is 11.4. The molecule has 1 rings (SSSR count). The molecule has 5 heteroatoms. The summed E-state index contributed by atoms with van der Waals surface area (Å²) < 4.78 is 0. The van der Waals surface area contributed by atoms with Crippen LogP contribution in [0.4, 0.5) is 0 Å². The van der Waals surface area contributed by atoms with E-state index < -0.39 is 5.97 Å². The predicted molar refractivity (Wildman–Crippen MR) is 58.4 cm³/mol. The maximum Gasteiger partial charge on any atom is 0.305 e. The molecule has 0 saturated heterocycles. The third-order valence-electron chi connectivity index (χ3n) is 2.01. The van der Waals surface area contributed by atoms with E-state index in [2.05, 4.69) is 5.32 Å². The minimum atomic E-state index is -0.908. The number of carboxylic acids is 1. The molecule has 82 valence electrons. The number of thiophene rings is 1. The molecule has 0 fully saturated rings. The number of aryl methyl sites for hydroxylation is 2. The summed E-state index contributed by atoms with van der Waals surface area (Å²) in [5, 5.41) is 11.0. The quantitative estimate of drug-likeness (QED) is 0.820. The SMILES string of the molecule is Cc1cc(C(=O)NCCC(=O)O)sc1C. The average molecular weight is 227 g/mol. The average Bonchev–Trinajstić information content (AvgIpc) is 2.46. The van der Waals surface area contributed by atoms with Crippen LogP contribution in [0.3, 0.4) is 0 Å². The largest absolute Gasteiger partial charge is 0.481 e. The minimum absolute atomic E-state index is 0.0465. The van der Waals surface area contributed by atoms with Gasteiger partial charge < -0.3 is 10.4 Å². The first-order valence-corrected chi connectivity index (χ1v) is 5.39. The van der Waals surface area contributed by atoms with Gasteiger partial charge in [0.15, 0.2) is 0 Å². The van der Waals surface area contributed by atoms with Crippen LogP contribution >= 0.6 is 11.3 Å². The number of hydrogen-bond acceptors (Lipinski definition) is 3. The second kappa shape index (κ2) is 4.93. The third-order valence-corrected chi connectivity index (χ3v) is 3.17. The smallest absolute Gasteiger partial charge is 0.305 e. The van der Waals surface area contributed by atoms with Crippen LogP contribution in [0.2, 0.25) is 0 Å². The third kappa shape index (κ3) is 3.36. The maximum absolute atomic E-state index is 11.5. The fourth-order valence-electron chi connectivity index (χ4n) is 1.06. The lowest BCUT2D eigenvalue weighted by Crippen LogP contribution is -2.25. The van der Waals surface area contributed by atoms with Crippen molar-refractivity contribution in [3.63, 3.8) is 0 Å². The first kappa shape index (κ1) is 11.7. The molecule has 0 unspecified atom stereocenters. The monoisotopic (exact) mass is 227 g/mol. The minimum Gasteiger partial charge on any atom is -0.481 e. The van der Waals surface area contributed by atoms with Gasteiger partial charge in [0, 0.05) is 11.4 Å². The van der Waals surface area contributed by atoms with Gasteiger partial charge in [-0.15, -0.1) is 11.3 Å². The highest BCUT2D eigenvalue weighted by Gasteiger charge is 2.10. The van der Waals surface area contributed by atoms with Crippen molar-refractivity contribution in [1.29, 1.82) is 0 Å². The van der Waals surface area contributed by atoms with Gasteiger partial charge in [0.1, 0.15) is 0 Å². The zero-order valence-corrected chi connectivity index (χ0v) is 9.48. The van der Waals surface area contributed by atoms with E-state index in [1.165, 1.54) is 11.3 Å². The lowest BCUT2D eigenvalue weighted by atomic mass is 10.3. The van der Waals surface area contributed by atoms with Gasteiger partial charge in [0.05, 0.1) is 11.3 Å². The van der Waals surface area contributed by atoms with E-state index in [-0.39, 0.29) is 18.9 Å². The molecule has 4 nitrogen and oxygen atoms in total. The first-order chi connectivity index (χ1) is 7.00. The number of carboxylic acid groups (broad SMARTS) is 1. The Labute approximate surface area is 91.9 Å². The van der Waals surface area contributed by atoms with Crippen LogP contribution in [0, 0.1) is 13.8 Å². The van der Waals surface area contributed by atoms with Gasteiger partial charge in [-0.25, -0.2) is 0 Å². The topological polar surface area (TPSA) is 66.4 Å². The Balaban J connectivity index is 2.50. The molecule has 0 atom stereocenters. The molecule has 1 aromatic heterocycles. The first-order valence-electron chi connectivity index (χ1n) is 4.57. The lowest BCUT2D eigenvalue weighted by molar-refractivity contribution is -0.136. The van der Waals surface area contributed by atoms with Crippen molar-refractivity contribution in [3.8, 4) is 0 Å². The second-order valence-electron chi connectivity index (χ2n) is 3.25. The van der Waals surface area contributed by atoms with E-state index in [9.17, 15) is 9.59 Å². The zero-order valence-electron chi connectivity index (χ0n) is 8.66. The van der Waals surface area contributed by atoms with Gasteiger partial charge in [-0.2, -0.15) is 0 Å². The Hall–Kier alpha value is -1.36. The number of amides is 1. The Morgan fingerprint density at radius 2 is 2.13 bits per heavy atom. The number of nitrogens with one attached hydrogen (secondary N) is 1. The van der Waals surface area contributed by atoms with Crippen LogP contribution in [0.25, 0.3) is 0 Å². The summed E-state index contributed by atoms with van der Waals surface area (Å²) >= 11 is 1.42. The van der Waals surface area contributed by atoms with Crippen molar-refractivity contribution in [2.75, 3.05) is 6.54 Å². The Kier molecular flexibility index (Phi) is 3.85. The normalized spacial score (nSPS) is 10.0. The van der Waals surface area contributed by atoms with E-state index in [1.807, 2.05) is 19.9 Å². The van der Waals surface area contributed by atoms with Crippen LogP contribution in [0.1, 0.15) is 26.5 Å². The van der Waals surface area contributed by atoms with E-state index in [1.54, 1.807) is 0 Å². The van der Waals surface area contributed by atoms with Crippen molar-refractivity contribution in [1.82, 2.24) is 5.32 Å². The molecule has 2 N–H and O–H groups in total. The van der Waals surface area contributed by atoms with E-state index in [0.717, 1.165) is 10.4 Å². The highest BCUT2D eigenvalue weighted by molar-refractivity contribution is 7.14. The van der Waals surface area contributed by atoms with Gasteiger partial charge in [0.2, 0.25) is 0 Å². The van der Waals surface area contributed by atoms with Crippen molar-refractivity contribution in [2.24, 2.45) is 0 Å². The fraction of sp³-hybridized carbons (Fsp3) is 0.400. The molecular formula is C10H13NO3S. The Morgan fingerprint density at radius 3 is 2.60 bits per heavy atom. The molecule has 0 bridgehead atoms. The number of aliphatic carboxylic acids is 1. The highest BCUT2D eigenvalue weighted by atomic mass is 32.1. The summed E-state index contributed by atoms with van der Waals surface area (Å²) in [6.07, 6.45) is -0.0465. The molecule has 1 amide bonds. The van der Waals surface area contributed by atoms with Crippen molar-refractivity contribution in [3.05, 3.63) is 21.4 Å². The van der Waals surface area contributed by atoms with Crippen molar-refractivity contribution in [2.45, 2.75) is 20.3 Å². The predicted octanol–water partition coefficient (Wildman–Crippen LogP) is 1.57. The van der Waals surface area contributed by atoms with E-state index >= 15 is 0 Å². The molecule has 0 radical (unpaired) electrons. The molecule has 0 spiro atoms. The second-order valence-corrected chi connectivity index (χ2v) is 4.51.